The van der Waals surface area contributed by atoms with Gasteiger partial charge in [0.25, 0.3) is 5.91 Å². The normalized spacial score (nSPS) is 24.3. The first-order chi connectivity index (χ1) is 15.7. The van der Waals surface area contributed by atoms with Crippen LogP contribution in [0.15, 0.2) is 48.9 Å². The van der Waals surface area contributed by atoms with Crippen LogP contribution < -0.4 is 5.32 Å². The molecule has 3 aromatic rings. The van der Waals surface area contributed by atoms with Crippen LogP contribution >= 0.6 is 0 Å². The molecule has 1 N–H and O–H groups in total. The number of carbonyl (C=O) groups excluding carboxylic acids is 1. The molecule has 3 heterocycles. The fraction of sp³-hybridized carbons (Fsp3) is 0.364. The van der Waals surface area contributed by atoms with Crippen LogP contribution in [0.5, 0.6) is 0 Å². The molecule has 1 aliphatic heterocycles. The van der Waals surface area contributed by atoms with Crippen molar-refractivity contribution in [2.75, 3.05) is 5.32 Å². The molecule has 1 saturated carbocycles. The standard InChI is InChI=1S/C22H20F4N6O/c1-12-13-8-17(30-20-16(23)10-14(11-27-20)22(24,25)26)19(9-13)31(12)21(33)15-4-2-3-5-18(15)32-28-6-7-29-32/h2-7,10-13,17,19H,8-9H2,1H3,(H,27,30). The van der Waals surface area contributed by atoms with Gasteiger partial charge in [-0.1, -0.05) is 12.1 Å². The van der Waals surface area contributed by atoms with E-state index in [9.17, 15) is 22.4 Å². The number of anilines is 1. The van der Waals surface area contributed by atoms with E-state index in [4.69, 9.17) is 0 Å². The number of nitrogens with one attached hydrogen (secondary N) is 1. The highest BCUT2D eigenvalue weighted by Crippen LogP contribution is 2.44. The van der Waals surface area contributed by atoms with Gasteiger partial charge in [0.2, 0.25) is 0 Å². The largest absolute Gasteiger partial charge is 0.417 e. The van der Waals surface area contributed by atoms with Crippen molar-refractivity contribution in [3.63, 3.8) is 0 Å². The first-order valence-electron chi connectivity index (χ1n) is 10.5. The molecular weight excluding hydrogens is 440 g/mol. The number of benzene rings is 1. The summed E-state index contributed by atoms with van der Waals surface area (Å²) < 4.78 is 52.8. The highest BCUT2D eigenvalue weighted by atomic mass is 19.4. The van der Waals surface area contributed by atoms with Crippen LogP contribution in [0.4, 0.5) is 23.4 Å². The topological polar surface area (TPSA) is 75.9 Å². The zero-order valence-corrected chi connectivity index (χ0v) is 17.5. The molecule has 2 aliphatic rings. The van der Waals surface area contributed by atoms with Gasteiger partial charge in [-0.15, -0.1) is 0 Å². The van der Waals surface area contributed by atoms with Crippen molar-refractivity contribution in [3.8, 4) is 5.69 Å². The quantitative estimate of drug-likeness (QED) is 0.598. The Kier molecular flexibility index (Phi) is 5.06. The average Bonchev–Trinajstić information content (AvgIpc) is 3.51. The number of hydrogen-bond acceptors (Lipinski definition) is 5. The second-order valence-electron chi connectivity index (χ2n) is 8.39. The second kappa shape index (κ2) is 7.82. The predicted octanol–water partition coefficient (Wildman–Crippen LogP) is 3.92. The summed E-state index contributed by atoms with van der Waals surface area (Å²) in [6, 6.07) is 6.83. The highest BCUT2D eigenvalue weighted by Gasteiger charge is 2.52. The molecule has 4 unspecified atom stereocenters. The number of fused-ring (bicyclic) bond motifs is 2. The number of alkyl halides is 3. The van der Waals surface area contributed by atoms with Gasteiger partial charge < -0.3 is 10.2 Å². The molecule has 1 aromatic carbocycles. The van der Waals surface area contributed by atoms with E-state index in [1.54, 1.807) is 29.2 Å². The number of nitrogens with zero attached hydrogens (tertiary/aromatic N) is 5. The van der Waals surface area contributed by atoms with E-state index in [0.29, 0.717) is 29.9 Å². The maximum Gasteiger partial charge on any atom is 0.417 e. The number of para-hydroxylation sites is 1. The third-order valence-corrected chi connectivity index (χ3v) is 6.54. The summed E-state index contributed by atoms with van der Waals surface area (Å²) in [5.74, 6) is -1.34. The predicted molar refractivity (Wildman–Crippen MR) is 110 cm³/mol. The molecule has 1 saturated heterocycles. The molecular formula is C22H20F4N6O. The lowest BCUT2D eigenvalue weighted by Gasteiger charge is -2.38. The molecule has 2 aromatic heterocycles. The molecule has 1 amide bonds. The Labute approximate surface area is 186 Å². The van der Waals surface area contributed by atoms with Crippen molar-refractivity contribution < 1.29 is 22.4 Å². The van der Waals surface area contributed by atoms with Crippen LogP contribution in [-0.2, 0) is 6.18 Å². The van der Waals surface area contributed by atoms with Gasteiger partial charge >= 0.3 is 6.18 Å². The number of likely N-dealkylation sites (tertiary alicyclic amines) is 1. The smallest absolute Gasteiger partial charge is 0.363 e. The number of carbonyl (C=O) groups is 1. The van der Waals surface area contributed by atoms with Crippen LogP contribution in [0.3, 0.4) is 0 Å². The lowest BCUT2D eigenvalue weighted by molar-refractivity contribution is -0.138. The Morgan fingerprint density at radius 3 is 2.55 bits per heavy atom. The summed E-state index contributed by atoms with van der Waals surface area (Å²) in [4.78, 5) is 20.4. The van der Waals surface area contributed by atoms with Gasteiger partial charge in [-0.25, -0.2) is 9.37 Å². The minimum atomic E-state index is -4.67. The van der Waals surface area contributed by atoms with E-state index in [2.05, 4.69) is 20.5 Å². The number of rotatable bonds is 4. The zero-order chi connectivity index (χ0) is 23.3. The van der Waals surface area contributed by atoms with Crippen LogP contribution in [-0.4, -0.2) is 48.9 Å². The van der Waals surface area contributed by atoms with Crippen molar-refractivity contribution in [2.24, 2.45) is 5.92 Å². The maximum absolute atomic E-state index is 14.4. The molecule has 1 aliphatic carbocycles. The van der Waals surface area contributed by atoms with Gasteiger partial charge in [0.1, 0.15) is 0 Å². The van der Waals surface area contributed by atoms with Gasteiger partial charge in [0.15, 0.2) is 11.6 Å². The molecule has 0 radical (unpaired) electrons. The number of hydrogen-bond donors (Lipinski definition) is 1. The first-order valence-corrected chi connectivity index (χ1v) is 10.5. The second-order valence-corrected chi connectivity index (χ2v) is 8.39. The number of halogens is 4. The lowest BCUT2D eigenvalue weighted by atomic mass is 9.96. The summed E-state index contributed by atoms with van der Waals surface area (Å²) >= 11 is 0. The Balaban J connectivity index is 1.40. The third kappa shape index (κ3) is 3.70. The maximum atomic E-state index is 14.4. The zero-order valence-electron chi connectivity index (χ0n) is 17.5. The highest BCUT2D eigenvalue weighted by molar-refractivity contribution is 5.98. The number of piperidine rings is 1. The summed E-state index contributed by atoms with van der Waals surface area (Å²) in [6.45, 7) is 1.98. The van der Waals surface area contributed by atoms with Crippen LogP contribution in [0.1, 0.15) is 35.7 Å². The van der Waals surface area contributed by atoms with Crippen LogP contribution in [0.2, 0.25) is 0 Å². The van der Waals surface area contributed by atoms with Crippen LogP contribution in [0.25, 0.3) is 5.69 Å². The third-order valence-electron chi connectivity index (χ3n) is 6.54. The van der Waals surface area contributed by atoms with Gasteiger partial charge in [-0.05, 0) is 43.9 Å². The lowest BCUT2D eigenvalue weighted by Crippen LogP contribution is -2.51. The van der Waals surface area contributed by atoms with Gasteiger partial charge in [-0.3, -0.25) is 4.79 Å². The molecule has 0 spiro atoms. The van der Waals surface area contributed by atoms with E-state index >= 15 is 0 Å². The van der Waals surface area contributed by atoms with Crippen molar-refractivity contribution in [1.82, 2.24) is 24.9 Å². The fourth-order valence-electron chi connectivity index (χ4n) is 4.96. The first kappa shape index (κ1) is 21.4. The summed E-state index contributed by atoms with van der Waals surface area (Å²) in [7, 11) is 0. The molecule has 11 heteroatoms. The van der Waals surface area contributed by atoms with Crippen molar-refractivity contribution >= 4 is 11.7 Å². The van der Waals surface area contributed by atoms with Gasteiger partial charge in [-0.2, -0.15) is 28.2 Å². The number of pyridine rings is 1. The average molecular weight is 460 g/mol. The van der Waals surface area contributed by atoms with E-state index in [0.717, 1.165) is 6.42 Å². The Hall–Kier alpha value is -3.50. The summed E-state index contributed by atoms with van der Waals surface area (Å²) in [5, 5.41) is 11.2. The molecule has 5 rings (SSSR count). The molecule has 4 atom stereocenters. The SMILES string of the molecule is CC1C2CC(Nc3ncc(C(F)(F)F)cc3F)C(C2)N1C(=O)c1ccccc1-n1nccn1. The molecule has 2 fully saturated rings. The van der Waals surface area contributed by atoms with E-state index in [-0.39, 0.29) is 35.8 Å². The molecule has 172 valence electrons. The molecule has 2 bridgehead atoms. The van der Waals surface area contributed by atoms with E-state index in [1.807, 2.05) is 6.92 Å². The van der Waals surface area contributed by atoms with E-state index < -0.39 is 17.6 Å². The molecule has 7 nitrogen and oxygen atoms in total. The van der Waals surface area contributed by atoms with Gasteiger partial charge in [0.05, 0.1) is 35.2 Å². The molecule has 33 heavy (non-hydrogen) atoms. The minimum absolute atomic E-state index is 0.0374. The van der Waals surface area contributed by atoms with Gasteiger partial charge in [0, 0.05) is 18.3 Å². The Morgan fingerprint density at radius 1 is 1.15 bits per heavy atom. The number of amides is 1. The monoisotopic (exact) mass is 460 g/mol. The van der Waals surface area contributed by atoms with Crippen LogP contribution in [0, 0.1) is 11.7 Å². The van der Waals surface area contributed by atoms with E-state index in [1.165, 1.54) is 17.2 Å². The Bertz CT molecular complexity index is 1180. The van der Waals surface area contributed by atoms with Crippen molar-refractivity contribution in [2.45, 2.75) is 44.1 Å². The number of aromatic nitrogens is 4. The fourth-order valence-corrected chi connectivity index (χ4v) is 4.96. The Morgan fingerprint density at radius 2 is 1.88 bits per heavy atom. The van der Waals surface area contributed by atoms with Crippen molar-refractivity contribution in [1.29, 1.82) is 0 Å². The summed E-state index contributed by atoms with van der Waals surface area (Å²) in [6.07, 6.45) is 0.363. The minimum Gasteiger partial charge on any atom is -0.363 e. The summed E-state index contributed by atoms with van der Waals surface area (Å²) in [5.41, 5.74) is -0.166. The van der Waals surface area contributed by atoms with Crippen molar-refractivity contribution in [3.05, 3.63) is 65.9 Å².